The van der Waals surface area contributed by atoms with E-state index in [4.69, 9.17) is 0 Å². The van der Waals surface area contributed by atoms with Crippen molar-refractivity contribution < 1.29 is 20.1 Å². The molecule has 142 valence electrons. The van der Waals surface area contributed by atoms with E-state index in [1.54, 1.807) is 6.08 Å². The molecule has 0 fully saturated rings. The number of hydrogen-bond donors (Lipinski definition) is 3. The minimum atomic E-state index is -1.03. The van der Waals surface area contributed by atoms with E-state index < -0.39 is 5.97 Å². The van der Waals surface area contributed by atoms with Gasteiger partial charge in [0.05, 0.1) is 12.2 Å². The minimum absolute atomic E-state index is 0.0455. The Morgan fingerprint density at radius 3 is 2.42 bits per heavy atom. The van der Waals surface area contributed by atoms with Crippen molar-refractivity contribution >= 4 is 12.0 Å². The van der Waals surface area contributed by atoms with Gasteiger partial charge >= 0.3 is 5.97 Å². The summed E-state index contributed by atoms with van der Waals surface area (Å²) >= 11 is 0. The van der Waals surface area contributed by atoms with Crippen LogP contribution in [0.1, 0.15) is 62.0 Å². The SMILES string of the molecule is CC(C)=CCC/C(=C/Cc1cc(C(=O)O)cc(/C=C/C(C)C)c1O)CO. The fraction of sp³-hybridized carbons (Fsp3) is 0.409. The highest BCUT2D eigenvalue weighted by Crippen LogP contribution is 2.28. The molecule has 0 bridgehead atoms. The maximum atomic E-state index is 11.4. The predicted octanol–water partition coefficient (Wildman–Crippen LogP) is 4.97. The number of aromatic hydroxyl groups is 1. The van der Waals surface area contributed by atoms with Gasteiger partial charge in [0, 0.05) is 5.56 Å². The van der Waals surface area contributed by atoms with Crippen LogP contribution in [-0.2, 0) is 6.42 Å². The molecule has 0 radical (unpaired) electrons. The third-order valence-corrected chi connectivity index (χ3v) is 3.96. The van der Waals surface area contributed by atoms with Gasteiger partial charge < -0.3 is 15.3 Å². The average molecular weight is 358 g/mol. The number of aromatic carboxylic acids is 1. The van der Waals surface area contributed by atoms with Crippen molar-refractivity contribution in [2.75, 3.05) is 6.61 Å². The van der Waals surface area contributed by atoms with Crippen LogP contribution in [0.3, 0.4) is 0 Å². The molecule has 0 amide bonds. The first-order valence-electron chi connectivity index (χ1n) is 8.94. The summed E-state index contributed by atoms with van der Waals surface area (Å²) in [5.74, 6) is -0.646. The Labute approximate surface area is 156 Å². The number of phenols is 1. The second-order valence-corrected chi connectivity index (χ2v) is 7.03. The summed E-state index contributed by atoms with van der Waals surface area (Å²) in [4.78, 5) is 11.4. The van der Waals surface area contributed by atoms with Gasteiger partial charge in [-0.15, -0.1) is 0 Å². The van der Waals surface area contributed by atoms with Crippen LogP contribution in [0.25, 0.3) is 6.08 Å². The van der Waals surface area contributed by atoms with E-state index in [0.717, 1.165) is 18.4 Å². The normalized spacial score (nSPS) is 12.0. The quantitative estimate of drug-likeness (QED) is 0.545. The number of carboxylic acid groups (broad SMARTS) is 1. The molecule has 1 rings (SSSR count). The third-order valence-electron chi connectivity index (χ3n) is 3.96. The highest BCUT2D eigenvalue weighted by Gasteiger charge is 2.12. The molecule has 3 N–H and O–H groups in total. The maximum Gasteiger partial charge on any atom is 0.335 e. The van der Waals surface area contributed by atoms with Crippen molar-refractivity contribution in [1.82, 2.24) is 0 Å². The topological polar surface area (TPSA) is 77.8 Å². The zero-order chi connectivity index (χ0) is 19.7. The predicted molar refractivity (Wildman–Crippen MR) is 106 cm³/mol. The first kappa shape index (κ1) is 21.7. The van der Waals surface area contributed by atoms with Crippen LogP contribution >= 0.6 is 0 Å². The lowest BCUT2D eigenvalue weighted by molar-refractivity contribution is 0.0696. The van der Waals surface area contributed by atoms with E-state index >= 15 is 0 Å². The molecule has 0 spiro atoms. The van der Waals surface area contributed by atoms with E-state index in [9.17, 15) is 20.1 Å². The number of carbonyl (C=O) groups is 1. The van der Waals surface area contributed by atoms with Crippen LogP contribution < -0.4 is 0 Å². The summed E-state index contributed by atoms with van der Waals surface area (Å²) in [6.45, 7) is 8.04. The van der Waals surface area contributed by atoms with Crippen molar-refractivity contribution in [2.45, 2.75) is 47.0 Å². The smallest absolute Gasteiger partial charge is 0.335 e. The summed E-state index contributed by atoms with van der Waals surface area (Å²) < 4.78 is 0. The number of allylic oxidation sites excluding steroid dienone is 4. The standard InChI is InChI=1S/C22H30O4/c1-15(2)6-5-7-17(14-23)9-11-19-13-20(22(25)26)12-18(21(19)24)10-8-16(3)4/h6,8-10,12-13,16,23-24H,5,7,11,14H2,1-4H3,(H,25,26)/b10-8+,17-9-. The molecule has 0 aliphatic heterocycles. The van der Waals surface area contributed by atoms with Crippen LogP contribution in [0, 0.1) is 5.92 Å². The highest BCUT2D eigenvalue weighted by molar-refractivity contribution is 5.89. The molecule has 0 heterocycles. The molecule has 0 unspecified atom stereocenters. The van der Waals surface area contributed by atoms with Crippen LogP contribution in [0.2, 0.25) is 0 Å². The van der Waals surface area contributed by atoms with Crippen molar-refractivity contribution in [3.63, 3.8) is 0 Å². The van der Waals surface area contributed by atoms with Gasteiger partial charge in [-0.2, -0.15) is 0 Å². The average Bonchev–Trinajstić information content (AvgIpc) is 2.57. The summed E-state index contributed by atoms with van der Waals surface area (Å²) in [6.07, 6.45) is 9.61. The van der Waals surface area contributed by atoms with E-state index in [2.05, 4.69) is 6.08 Å². The lowest BCUT2D eigenvalue weighted by atomic mass is 9.98. The second kappa shape index (κ2) is 10.6. The van der Waals surface area contributed by atoms with E-state index in [0.29, 0.717) is 23.5 Å². The summed E-state index contributed by atoms with van der Waals surface area (Å²) in [7, 11) is 0. The zero-order valence-electron chi connectivity index (χ0n) is 16.1. The summed E-state index contributed by atoms with van der Waals surface area (Å²) in [6, 6.07) is 2.97. The second-order valence-electron chi connectivity index (χ2n) is 7.03. The van der Waals surface area contributed by atoms with Crippen LogP contribution in [0.15, 0.2) is 41.5 Å². The highest BCUT2D eigenvalue weighted by atomic mass is 16.4. The van der Waals surface area contributed by atoms with Crippen molar-refractivity contribution in [3.8, 4) is 5.75 Å². The first-order chi connectivity index (χ1) is 12.2. The Balaban J connectivity index is 3.11. The lowest BCUT2D eigenvalue weighted by Crippen LogP contribution is -2.00. The fourth-order valence-electron chi connectivity index (χ4n) is 2.47. The molecule has 0 aromatic heterocycles. The molecule has 0 saturated heterocycles. The number of rotatable bonds is 9. The summed E-state index contributed by atoms with van der Waals surface area (Å²) in [5.41, 5.74) is 3.29. The van der Waals surface area contributed by atoms with E-state index in [1.165, 1.54) is 17.7 Å². The van der Waals surface area contributed by atoms with E-state index in [1.807, 2.05) is 39.8 Å². The largest absolute Gasteiger partial charge is 0.507 e. The molecule has 4 nitrogen and oxygen atoms in total. The number of hydrogen-bond acceptors (Lipinski definition) is 3. The molecule has 1 aromatic rings. The number of benzene rings is 1. The minimum Gasteiger partial charge on any atom is -0.507 e. The monoisotopic (exact) mass is 358 g/mol. The van der Waals surface area contributed by atoms with Gasteiger partial charge in [0.1, 0.15) is 5.75 Å². The van der Waals surface area contributed by atoms with Crippen molar-refractivity contribution in [2.24, 2.45) is 5.92 Å². The molecule has 1 aromatic carbocycles. The summed E-state index contributed by atoms with van der Waals surface area (Å²) in [5, 5.41) is 29.3. The van der Waals surface area contributed by atoms with Crippen LogP contribution in [0.5, 0.6) is 5.75 Å². The Hall–Kier alpha value is -2.33. The molecular formula is C22H30O4. The Bertz CT molecular complexity index is 705. The van der Waals surface area contributed by atoms with Crippen LogP contribution in [-0.4, -0.2) is 27.9 Å². The van der Waals surface area contributed by atoms with Crippen LogP contribution in [0.4, 0.5) is 0 Å². The molecule has 0 aliphatic rings. The van der Waals surface area contributed by atoms with Crippen molar-refractivity contribution in [3.05, 3.63) is 58.2 Å². The van der Waals surface area contributed by atoms with Gasteiger partial charge in [-0.1, -0.05) is 43.7 Å². The molecular weight excluding hydrogens is 328 g/mol. The zero-order valence-corrected chi connectivity index (χ0v) is 16.1. The van der Waals surface area contributed by atoms with Gasteiger partial charge in [-0.3, -0.25) is 0 Å². The molecule has 4 heteroatoms. The molecule has 26 heavy (non-hydrogen) atoms. The molecule has 0 saturated carbocycles. The van der Waals surface area contributed by atoms with Gasteiger partial charge in [0.2, 0.25) is 0 Å². The van der Waals surface area contributed by atoms with Crippen molar-refractivity contribution in [1.29, 1.82) is 0 Å². The van der Waals surface area contributed by atoms with Gasteiger partial charge in [0.25, 0.3) is 0 Å². The Morgan fingerprint density at radius 1 is 1.19 bits per heavy atom. The molecule has 0 atom stereocenters. The molecule has 0 aliphatic carbocycles. The fourth-order valence-corrected chi connectivity index (χ4v) is 2.47. The Kier molecular flexibility index (Phi) is 8.86. The first-order valence-corrected chi connectivity index (χ1v) is 8.94. The third kappa shape index (κ3) is 7.28. The number of carboxylic acids is 1. The number of aliphatic hydroxyl groups is 1. The van der Waals surface area contributed by atoms with E-state index in [-0.39, 0.29) is 17.9 Å². The Morgan fingerprint density at radius 2 is 1.88 bits per heavy atom. The number of aliphatic hydroxyl groups excluding tert-OH is 1. The van der Waals surface area contributed by atoms with Gasteiger partial charge in [0.15, 0.2) is 0 Å². The number of phenolic OH excluding ortho intramolecular Hbond substituents is 1. The lowest BCUT2D eigenvalue weighted by Gasteiger charge is -2.10. The van der Waals surface area contributed by atoms with Gasteiger partial charge in [-0.25, -0.2) is 4.79 Å². The maximum absolute atomic E-state index is 11.4. The van der Waals surface area contributed by atoms with Gasteiger partial charge in [-0.05, 0) is 62.3 Å².